The number of amides is 1. The number of carbonyl (C=O) groups excluding carboxylic acids is 1. The first kappa shape index (κ1) is 15.6. The maximum absolute atomic E-state index is 12.6. The van der Waals surface area contributed by atoms with Crippen LogP contribution in [0.15, 0.2) is 35.1 Å². The van der Waals surface area contributed by atoms with Crippen LogP contribution in [0.25, 0.3) is 16.9 Å². The second-order valence-corrected chi connectivity index (χ2v) is 6.83. The summed E-state index contributed by atoms with van der Waals surface area (Å²) in [7, 11) is 1.78. The molecule has 0 bridgehead atoms. The molecule has 0 spiro atoms. The second-order valence-electron chi connectivity index (χ2n) is 6.83. The first-order valence-corrected chi connectivity index (χ1v) is 8.37. The van der Waals surface area contributed by atoms with E-state index >= 15 is 0 Å². The van der Waals surface area contributed by atoms with E-state index in [4.69, 9.17) is 4.98 Å². The topological polar surface area (TPSA) is 70.5 Å². The normalized spacial score (nSPS) is 17.6. The van der Waals surface area contributed by atoms with Gasteiger partial charge in [-0.3, -0.25) is 14.7 Å². The van der Waals surface area contributed by atoms with Gasteiger partial charge in [0.15, 0.2) is 5.65 Å². The molecule has 1 aliphatic heterocycles. The van der Waals surface area contributed by atoms with E-state index in [0.717, 1.165) is 22.4 Å². The number of likely N-dealkylation sites (tertiary alicyclic amines) is 1. The summed E-state index contributed by atoms with van der Waals surface area (Å²) >= 11 is 0. The highest BCUT2D eigenvalue weighted by molar-refractivity contribution is 5.79. The molecule has 6 nitrogen and oxygen atoms in total. The zero-order valence-corrected chi connectivity index (χ0v) is 14.5. The number of nitrogens with one attached hydrogen (secondary N) is 1. The molecule has 0 radical (unpaired) electrons. The average Bonchev–Trinajstić information content (AvgIpc) is 3.09. The number of nitrogens with zero attached hydrogens (tertiary/aromatic N) is 3. The Morgan fingerprint density at radius 1 is 1.20 bits per heavy atom. The van der Waals surface area contributed by atoms with Crippen LogP contribution in [-0.2, 0) is 4.79 Å². The Labute approximate surface area is 145 Å². The van der Waals surface area contributed by atoms with E-state index in [1.807, 2.05) is 32.0 Å². The smallest absolute Gasteiger partial charge is 0.272 e. The number of hydrogen-bond acceptors (Lipinski definition) is 3. The van der Waals surface area contributed by atoms with E-state index < -0.39 is 0 Å². The average molecular weight is 336 g/mol. The van der Waals surface area contributed by atoms with Gasteiger partial charge in [-0.2, -0.15) is 0 Å². The third-order valence-electron chi connectivity index (χ3n) is 4.94. The zero-order valence-electron chi connectivity index (χ0n) is 14.5. The first-order valence-electron chi connectivity index (χ1n) is 8.37. The van der Waals surface area contributed by atoms with E-state index in [-0.39, 0.29) is 17.4 Å². The molecule has 1 aliphatic rings. The van der Waals surface area contributed by atoms with Crippen molar-refractivity contribution < 1.29 is 4.79 Å². The van der Waals surface area contributed by atoms with Crippen molar-refractivity contribution >= 4 is 11.6 Å². The molecular formula is C19H20N4O2. The standard InChI is InChI=1S/C19H20N4O2/c1-11-5-4-6-13(7-11)18-12(2)19-20-15(9-17(25)23(19)21-18)14-8-16(24)22(3)10-14/h4-7,9,14,21H,8,10H2,1-3H3/t14-/m1/s1. The molecule has 3 heterocycles. The first-order chi connectivity index (χ1) is 11.9. The molecule has 0 saturated carbocycles. The molecule has 1 aromatic carbocycles. The van der Waals surface area contributed by atoms with Gasteiger partial charge in [0.1, 0.15) is 0 Å². The summed E-state index contributed by atoms with van der Waals surface area (Å²) < 4.78 is 1.48. The van der Waals surface area contributed by atoms with Gasteiger partial charge in [0, 0.05) is 43.1 Å². The maximum atomic E-state index is 12.6. The third-order valence-corrected chi connectivity index (χ3v) is 4.94. The zero-order chi connectivity index (χ0) is 17.7. The van der Waals surface area contributed by atoms with Crippen LogP contribution >= 0.6 is 0 Å². The summed E-state index contributed by atoms with van der Waals surface area (Å²) in [5.74, 6) is 0.0742. The number of aromatic nitrogens is 3. The SMILES string of the molecule is Cc1cccc(-c2[nH]n3c(=O)cc([C@@H]4CC(=O)N(C)C4)nc3c2C)c1. The van der Waals surface area contributed by atoms with Crippen molar-refractivity contribution in [1.29, 1.82) is 0 Å². The summed E-state index contributed by atoms with van der Waals surface area (Å²) in [6, 6.07) is 9.67. The van der Waals surface area contributed by atoms with Crippen molar-refractivity contribution in [3.63, 3.8) is 0 Å². The Morgan fingerprint density at radius 2 is 2.00 bits per heavy atom. The number of fused-ring (bicyclic) bond motifs is 1. The number of carbonyl (C=O) groups is 1. The van der Waals surface area contributed by atoms with Gasteiger partial charge in [-0.05, 0) is 19.9 Å². The molecule has 6 heteroatoms. The lowest BCUT2D eigenvalue weighted by molar-refractivity contribution is -0.126. The molecule has 1 saturated heterocycles. The minimum atomic E-state index is -0.149. The monoisotopic (exact) mass is 336 g/mol. The molecule has 0 unspecified atom stereocenters. The van der Waals surface area contributed by atoms with Crippen LogP contribution in [0, 0.1) is 13.8 Å². The van der Waals surface area contributed by atoms with Gasteiger partial charge in [-0.15, -0.1) is 0 Å². The van der Waals surface area contributed by atoms with Gasteiger partial charge in [0.2, 0.25) is 5.91 Å². The number of aryl methyl sites for hydroxylation is 2. The van der Waals surface area contributed by atoms with Crippen molar-refractivity contribution in [1.82, 2.24) is 19.5 Å². The highest BCUT2D eigenvalue weighted by atomic mass is 16.2. The summed E-state index contributed by atoms with van der Waals surface area (Å²) in [6.07, 6.45) is 0.410. The highest BCUT2D eigenvalue weighted by Gasteiger charge is 2.30. The lowest BCUT2D eigenvalue weighted by atomic mass is 10.0. The Hall–Kier alpha value is -2.89. The van der Waals surface area contributed by atoms with E-state index in [1.165, 1.54) is 4.52 Å². The van der Waals surface area contributed by atoms with E-state index in [9.17, 15) is 9.59 Å². The van der Waals surface area contributed by atoms with Crippen LogP contribution < -0.4 is 5.56 Å². The fourth-order valence-electron chi connectivity index (χ4n) is 3.52. The van der Waals surface area contributed by atoms with Crippen LogP contribution in [-0.4, -0.2) is 39.0 Å². The van der Waals surface area contributed by atoms with E-state index in [1.54, 1.807) is 18.0 Å². The van der Waals surface area contributed by atoms with Crippen LogP contribution in [0.3, 0.4) is 0 Å². The fourth-order valence-corrected chi connectivity index (χ4v) is 3.52. The summed E-state index contributed by atoms with van der Waals surface area (Å²) in [4.78, 5) is 30.8. The van der Waals surface area contributed by atoms with E-state index in [2.05, 4.69) is 11.2 Å². The Kier molecular flexibility index (Phi) is 3.49. The Bertz CT molecular complexity index is 1050. The number of likely N-dealkylation sites (N-methyl/N-ethyl adjacent to an activating group) is 1. The molecule has 128 valence electrons. The maximum Gasteiger partial charge on any atom is 0.272 e. The summed E-state index contributed by atoms with van der Waals surface area (Å²) in [5.41, 5.74) is 5.18. The van der Waals surface area contributed by atoms with Crippen LogP contribution in [0.2, 0.25) is 0 Å². The lowest BCUT2D eigenvalue weighted by Gasteiger charge is -2.09. The molecular weight excluding hydrogens is 316 g/mol. The van der Waals surface area contributed by atoms with Crippen LogP contribution in [0.4, 0.5) is 0 Å². The van der Waals surface area contributed by atoms with Crippen molar-refractivity contribution in [2.24, 2.45) is 0 Å². The Morgan fingerprint density at radius 3 is 2.68 bits per heavy atom. The van der Waals surface area contributed by atoms with Gasteiger partial charge < -0.3 is 4.90 Å². The summed E-state index contributed by atoms with van der Waals surface area (Å²) in [5, 5.41) is 3.18. The second kappa shape index (κ2) is 5.58. The molecule has 0 aliphatic carbocycles. The van der Waals surface area contributed by atoms with Gasteiger partial charge in [0.05, 0.1) is 11.4 Å². The predicted molar refractivity (Wildman–Crippen MR) is 95.7 cm³/mol. The summed E-state index contributed by atoms with van der Waals surface area (Å²) in [6.45, 7) is 4.61. The van der Waals surface area contributed by atoms with Crippen molar-refractivity contribution in [3.05, 3.63) is 57.5 Å². The van der Waals surface area contributed by atoms with Gasteiger partial charge in [0.25, 0.3) is 5.56 Å². The molecule has 1 N–H and O–H groups in total. The van der Waals surface area contributed by atoms with Crippen molar-refractivity contribution in [2.75, 3.05) is 13.6 Å². The quantitative estimate of drug-likeness (QED) is 0.780. The molecule has 3 aromatic rings. The molecule has 1 fully saturated rings. The molecule has 4 rings (SSSR count). The number of hydrogen-bond donors (Lipinski definition) is 1. The van der Waals surface area contributed by atoms with Gasteiger partial charge >= 0.3 is 0 Å². The van der Waals surface area contributed by atoms with Gasteiger partial charge in [-0.1, -0.05) is 23.8 Å². The minimum absolute atomic E-state index is 0.0214. The predicted octanol–water partition coefficient (Wildman–Crippen LogP) is 2.25. The van der Waals surface area contributed by atoms with Crippen molar-refractivity contribution in [2.45, 2.75) is 26.2 Å². The third kappa shape index (κ3) is 2.54. The minimum Gasteiger partial charge on any atom is -0.345 e. The molecule has 2 aromatic heterocycles. The Balaban J connectivity index is 1.85. The number of aromatic amines is 1. The van der Waals surface area contributed by atoms with E-state index in [0.29, 0.717) is 24.3 Å². The lowest BCUT2D eigenvalue weighted by Crippen LogP contribution is -2.20. The highest BCUT2D eigenvalue weighted by Crippen LogP contribution is 2.28. The molecule has 1 atom stereocenters. The fraction of sp³-hybridized carbons (Fsp3) is 0.316. The number of benzene rings is 1. The molecule has 25 heavy (non-hydrogen) atoms. The largest absolute Gasteiger partial charge is 0.345 e. The van der Waals surface area contributed by atoms with Crippen LogP contribution in [0.5, 0.6) is 0 Å². The van der Waals surface area contributed by atoms with Gasteiger partial charge in [-0.25, -0.2) is 9.50 Å². The molecule has 1 amide bonds. The number of rotatable bonds is 2. The number of H-pyrrole nitrogens is 1. The van der Waals surface area contributed by atoms with Crippen LogP contribution in [0.1, 0.15) is 29.2 Å². The van der Waals surface area contributed by atoms with Crippen molar-refractivity contribution in [3.8, 4) is 11.3 Å².